The number of carbonyl (C=O) groups excluding carboxylic acids is 1. The average molecular weight is 215 g/mol. The number of hydrogen-bond acceptors (Lipinski definition) is 2. The zero-order chi connectivity index (χ0) is 11.7. The number of amides is 1. The quantitative estimate of drug-likeness (QED) is 0.801. The van der Waals surface area contributed by atoms with E-state index >= 15 is 0 Å². The number of nitrogens with zero attached hydrogens (tertiary/aromatic N) is 1. The maximum atomic E-state index is 11.2. The van der Waals surface area contributed by atoms with Crippen molar-refractivity contribution in [2.24, 2.45) is 5.73 Å². The van der Waals surface area contributed by atoms with Crippen LogP contribution in [0.3, 0.4) is 0 Å². The first-order chi connectivity index (χ1) is 7.58. The minimum absolute atomic E-state index is 0.411. The van der Waals surface area contributed by atoms with Gasteiger partial charge in [0.05, 0.1) is 5.69 Å². The second-order valence-corrected chi connectivity index (χ2v) is 3.83. The highest BCUT2D eigenvalue weighted by atomic mass is 16.1. The molecule has 2 rings (SSSR count). The van der Waals surface area contributed by atoms with Crippen molar-refractivity contribution in [3.8, 4) is 11.3 Å². The van der Waals surface area contributed by atoms with E-state index in [9.17, 15) is 4.79 Å². The molecule has 0 unspecified atom stereocenters. The summed E-state index contributed by atoms with van der Waals surface area (Å²) in [5.41, 5.74) is 9.41. The van der Waals surface area contributed by atoms with E-state index in [0.717, 1.165) is 22.5 Å². The molecular formula is C12H13N3O. The first-order valence-corrected chi connectivity index (χ1v) is 5.01. The molecule has 16 heavy (non-hydrogen) atoms. The van der Waals surface area contributed by atoms with Gasteiger partial charge in [-0.2, -0.15) is 5.10 Å². The van der Waals surface area contributed by atoms with Gasteiger partial charge in [-0.15, -0.1) is 0 Å². The molecule has 4 nitrogen and oxygen atoms in total. The molecule has 0 saturated heterocycles. The van der Waals surface area contributed by atoms with Gasteiger partial charge in [0.2, 0.25) is 5.91 Å². The monoisotopic (exact) mass is 215 g/mol. The van der Waals surface area contributed by atoms with Crippen molar-refractivity contribution < 1.29 is 4.79 Å². The molecule has 0 aliphatic rings. The zero-order valence-electron chi connectivity index (χ0n) is 9.24. The molecule has 0 saturated carbocycles. The maximum absolute atomic E-state index is 11.2. The number of H-pyrrole nitrogens is 1. The first kappa shape index (κ1) is 10.4. The number of primary amides is 1. The molecule has 1 aromatic heterocycles. The molecule has 82 valence electrons. The third-order valence-electron chi connectivity index (χ3n) is 2.50. The van der Waals surface area contributed by atoms with E-state index in [4.69, 9.17) is 5.73 Å². The highest BCUT2D eigenvalue weighted by Gasteiger charge is 2.08. The summed E-state index contributed by atoms with van der Waals surface area (Å²) in [6.45, 7) is 3.79. The molecule has 1 amide bonds. The summed E-state index contributed by atoms with van der Waals surface area (Å²) in [6.07, 6.45) is 0. The number of benzene rings is 1. The molecule has 1 aromatic carbocycles. The molecule has 0 bridgehead atoms. The molecule has 0 aliphatic carbocycles. The van der Waals surface area contributed by atoms with Crippen LogP contribution in [-0.4, -0.2) is 16.1 Å². The summed E-state index contributed by atoms with van der Waals surface area (Å²) in [5, 5.41) is 7.00. The van der Waals surface area contributed by atoms with E-state index < -0.39 is 5.91 Å². The molecule has 3 N–H and O–H groups in total. The Balaban J connectivity index is 2.51. The van der Waals surface area contributed by atoms with Gasteiger partial charge in [-0.1, -0.05) is 12.1 Å². The molecule has 0 spiro atoms. The molecule has 0 fully saturated rings. The molecule has 2 aromatic rings. The van der Waals surface area contributed by atoms with Gasteiger partial charge in [-0.05, 0) is 31.5 Å². The Morgan fingerprint density at radius 2 is 2.06 bits per heavy atom. The number of aromatic nitrogens is 2. The standard InChI is InChI=1S/C12H13N3O/c1-7-3-4-9(6-10(7)12(13)16)11-5-8(2)14-15-11/h3-6H,1-2H3,(H2,13,16)(H,14,15). The summed E-state index contributed by atoms with van der Waals surface area (Å²) >= 11 is 0. The number of aryl methyl sites for hydroxylation is 2. The van der Waals surface area contributed by atoms with E-state index in [1.54, 1.807) is 6.07 Å². The summed E-state index contributed by atoms with van der Waals surface area (Å²) < 4.78 is 0. The Morgan fingerprint density at radius 3 is 2.62 bits per heavy atom. The molecule has 1 heterocycles. The smallest absolute Gasteiger partial charge is 0.248 e. The fourth-order valence-corrected chi connectivity index (χ4v) is 1.61. The number of nitrogens with two attached hydrogens (primary N) is 1. The summed E-state index contributed by atoms with van der Waals surface area (Å²) in [4.78, 5) is 11.2. The van der Waals surface area contributed by atoms with Gasteiger partial charge in [-0.25, -0.2) is 0 Å². The second kappa shape index (κ2) is 3.81. The zero-order valence-corrected chi connectivity index (χ0v) is 9.24. The van der Waals surface area contributed by atoms with Crippen LogP contribution in [0.1, 0.15) is 21.6 Å². The van der Waals surface area contributed by atoms with Crippen molar-refractivity contribution >= 4 is 5.91 Å². The van der Waals surface area contributed by atoms with Gasteiger partial charge in [-0.3, -0.25) is 9.89 Å². The van der Waals surface area contributed by atoms with Crippen molar-refractivity contribution in [2.75, 3.05) is 0 Å². The predicted molar refractivity (Wildman–Crippen MR) is 62.0 cm³/mol. The lowest BCUT2D eigenvalue weighted by atomic mass is 10.0. The van der Waals surface area contributed by atoms with Crippen molar-refractivity contribution in [2.45, 2.75) is 13.8 Å². The Bertz CT molecular complexity index is 543. The molecular weight excluding hydrogens is 202 g/mol. The lowest BCUT2D eigenvalue weighted by molar-refractivity contribution is 0.1000. The van der Waals surface area contributed by atoms with Crippen molar-refractivity contribution in [3.63, 3.8) is 0 Å². The van der Waals surface area contributed by atoms with E-state index in [1.165, 1.54) is 0 Å². The minimum Gasteiger partial charge on any atom is -0.366 e. The first-order valence-electron chi connectivity index (χ1n) is 5.01. The van der Waals surface area contributed by atoms with Crippen LogP contribution >= 0.6 is 0 Å². The van der Waals surface area contributed by atoms with E-state index in [0.29, 0.717) is 5.56 Å². The van der Waals surface area contributed by atoms with Gasteiger partial charge in [0.1, 0.15) is 0 Å². The van der Waals surface area contributed by atoms with Crippen LogP contribution in [0.5, 0.6) is 0 Å². The highest BCUT2D eigenvalue weighted by molar-refractivity contribution is 5.95. The van der Waals surface area contributed by atoms with Crippen LogP contribution in [-0.2, 0) is 0 Å². The number of hydrogen-bond donors (Lipinski definition) is 2. The molecule has 0 atom stereocenters. The highest BCUT2D eigenvalue weighted by Crippen LogP contribution is 2.20. The summed E-state index contributed by atoms with van der Waals surface area (Å²) in [6, 6.07) is 7.50. The number of nitrogens with one attached hydrogen (secondary N) is 1. The van der Waals surface area contributed by atoms with Crippen LogP contribution in [0.25, 0.3) is 11.3 Å². The van der Waals surface area contributed by atoms with Gasteiger partial charge in [0.25, 0.3) is 0 Å². The average Bonchev–Trinajstić information content (AvgIpc) is 2.65. The van der Waals surface area contributed by atoms with Crippen LogP contribution in [0.15, 0.2) is 24.3 Å². The summed E-state index contributed by atoms with van der Waals surface area (Å²) in [5.74, 6) is -0.411. The predicted octanol–water partition coefficient (Wildman–Crippen LogP) is 1.79. The van der Waals surface area contributed by atoms with E-state index in [1.807, 2.05) is 32.0 Å². The van der Waals surface area contributed by atoms with Crippen LogP contribution in [0, 0.1) is 13.8 Å². The van der Waals surface area contributed by atoms with Crippen LogP contribution in [0.2, 0.25) is 0 Å². The third kappa shape index (κ3) is 1.82. The van der Waals surface area contributed by atoms with Gasteiger partial charge < -0.3 is 5.73 Å². The fraction of sp³-hybridized carbons (Fsp3) is 0.167. The lowest BCUT2D eigenvalue weighted by Crippen LogP contribution is -2.12. The summed E-state index contributed by atoms with van der Waals surface area (Å²) in [7, 11) is 0. The SMILES string of the molecule is Cc1cc(-c2ccc(C)c(C(N)=O)c2)n[nH]1. The topological polar surface area (TPSA) is 71.8 Å². The van der Waals surface area contributed by atoms with Crippen molar-refractivity contribution in [3.05, 3.63) is 41.1 Å². The van der Waals surface area contributed by atoms with Gasteiger partial charge >= 0.3 is 0 Å². The van der Waals surface area contributed by atoms with Crippen LogP contribution < -0.4 is 5.73 Å². The minimum atomic E-state index is -0.411. The Hall–Kier alpha value is -2.10. The van der Waals surface area contributed by atoms with Gasteiger partial charge in [0, 0.05) is 16.8 Å². The number of carbonyl (C=O) groups is 1. The second-order valence-electron chi connectivity index (χ2n) is 3.83. The van der Waals surface area contributed by atoms with Crippen molar-refractivity contribution in [1.29, 1.82) is 0 Å². The fourth-order valence-electron chi connectivity index (χ4n) is 1.61. The largest absolute Gasteiger partial charge is 0.366 e. The number of rotatable bonds is 2. The van der Waals surface area contributed by atoms with Gasteiger partial charge in [0.15, 0.2) is 0 Å². The van der Waals surface area contributed by atoms with Crippen LogP contribution in [0.4, 0.5) is 0 Å². The Kier molecular flexibility index (Phi) is 2.48. The Labute approximate surface area is 93.5 Å². The normalized spacial score (nSPS) is 10.4. The maximum Gasteiger partial charge on any atom is 0.248 e. The van der Waals surface area contributed by atoms with E-state index in [-0.39, 0.29) is 0 Å². The third-order valence-corrected chi connectivity index (χ3v) is 2.50. The number of aromatic amines is 1. The molecule has 0 aliphatic heterocycles. The molecule has 0 radical (unpaired) electrons. The van der Waals surface area contributed by atoms with Crippen molar-refractivity contribution in [1.82, 2.24) is 10.2 Å². The molecule has 4 heteroatoms. The Morgan fingerprint density at radius 1 is 1.31 bits per heavy atom. The lowest BCUT2D eigenvalue weighted by Gasteiger charge is -2.03. The van der Waals surface area contributed by atoms with E-state index in [2.05, 4.69) is 10.2 Å².